The van der Waals surface area contributed by atoms with E-state index in [2.05, 4.69) is 9.55 Å². The number of fused-ring (bicyclic) bond motifs is 2. The molecule has 2 unspecified atom stereocenters. The molecule has 1 aliphatic rings. The Hall–Kier alpha value is -5.11. The quantitative estimate of drug-likeness (QED) is 0.195. The molecule has 2 atom stereocenters. The van der Waals surface area contributed by atoms with Crippen LogP contribution in [0.5, 0.6) is 5.75 Å². The van der Waals surface area contributed by atoms with Gasteiger partial charge in [-0.25, -0.2) is 18.7 Å². The number of aromatic nitrogens is 3. The van der Waals surface area contributed by atoms with Crippen LogP contribution in [0.1, 0.15) is 36.8 Å². The predicted octanol–water partition coefficient (Wildman–Crippen LogP) is 7.98. The Morgan fingerprint density at radius 1 is 0.864 bits per heavy atom. The minimum Gasteiger partial charge on any atom is -0.487 e. The van der Waals surface area contributed by atoms with Crippen molar-refractivity contribution in [1.29, 1.82) is 0 Å². The van der Waals surface area contributed by atoms with Gasteiger partial charge in [-0.2, -0.15) is 0 Å². The van der Waals surface area contributed by atoms with Crippen molar-refractivity contribution < 1.29 is 23.4 Å². The summed E-state index contributed by atoms with van der Waals surface area (Å²) in [5, 5.41) is 11.0. The zero-order valence-electron chi connectivity index (χ0n) is 24.2. The maximum Gasteiger partial charge on any atom is 0.307 e. The molecule has 2 aromatic heterocycles. The molecule has 0 spiro atoms. The van der Waals surface area contributed by atoms with Gasteiger partial charge in [-0.15, -0.1) is 0 Å². The summed E-state index contributed by atoms with van der Waals surface area (Å²) in [4.78, 5) is 21.8. The normalized spacial score (nSPS) is 17.2. The molecule has 1 fully saturated rings. The molecule has 220 valence electrons. The molecule has 0 amide bonds. The Balaban J connectivity index is 1.22. The molecule has 1 N–H and O–H groups in total. The monoisotopic (exact) mass is 589 g/mol. The lowest BCUT2D eigenvalue weighted by molar-refractivity contribution is -0.139. The van der Waals surface area contributed by atoms with Crippen molar-refractivity contribution in [2.24, 2.45) is 11.3 Å². The third kappa shape index (κ3) is 4.96. The van der Waals surface area contributed by atoms with E-state index in [9.17, 15) is 18.7 Å². The number of aliphatic carboxylic acids is 1. The van der Waals surface area contributed by atoms with Gasteiger partial charge in [0.2, 0.25) is 0 Å². The number of rotatable bonds is 8. The van der Waals surface area contributed by atoms with Gasteiger partial charge in [0, 0.05) is 23.9 Å². The average molecular weight is 590 g/mol. The van der Waals surface area contributed by atoms with E-state index in [1.54, 1.807) is 6.07 Å². The fraction of sp³-hybridized carbons (Fsp3) is 0.194. The molecule has 1 saturated carbocycles. The molecule has 0 bridgehead atoms. The average Bonchev–Trinajstić information content (AvgIpc) is 3.44. The number of benzene rings is 4. The standard InChI is InChI=1S/C36H29F2N3O3/c1-36(2)32(33(36)35(42)43)34-40-30-18-26(44-20-25-12-10-22-7-3-4-9-29(22)39-25)13-15-31(30)41(34)19-21-6-5-8-23(16-21)24-11-14-27(37)28(38)17-24/h3-18,32-33H,19-20H2,1-2H3,(H,42,43). The van der Waals surface area contributed by atoms with Crippen molar-refractivity contribution in [1.82, 2.24) is 14.5 Å². The molecule has 2 heterocycles. The van der Waals surface area contributed by atoms with E-state index >= 15 is 0 Å². The molecule has 0 radical (unpaired) electrons. The van der Waals surface area contributed by atoms with Gasteiger partial charge in [0.15, 0.2) is 11.6 Å². The van der Waals surface area contributed by atoms with Crippen LogP contribution in [0, 0.1) is 23.0 Å². The summed E-state index contributed by atoms with van der Waals surface area (Å²) < 4.78 is 35.7. The smallest absolute Gasteiger partial charge is 0.307 e. The van der Waals surface area contributed by atoms with Gasteiger partial charge in [-0.05, 0) is 64.6 Å². The van der Waals surface area contributed by atoms with Crippen LogP contribution < -0.4 is 4.74 Å². The molecular formula is C36H29F2N3O3. The van der Waals surface area contributed by atoms with Crippen LogP contribution in [0.25, 0.3) is 33.1 Å². The number of para-hydroxylation sites is 1. The molecule has 4 aromatic carbocycles. The lowest BCUT2D eigenvalue weighted by Crippen LogP contribution is -2.07. The molecule has 8 heteroatoms. The number of halogens is 2. The van der Waals surface area contributed by atoms with Gasteiger partial charge in [0.1, 0.15) is 18.2 Å². The first kappa shape index (κ1) is 27.7. The van der Waals surface area contributed by atoms with Crippen LogP contribution in [0.15, 0.2) is 97.1 Å². The lowest BCUT2D eigenvalue weighted by Gasteiger charge is -2.12. The number of ether oxygens (including phenoxy) is 1. The van der Waals surface area contributed by atoms with Gasteiger partial charge >= 0.3 is 5.97 Å². The Labute approximate surface area is 252 Å². The Morgan fingerprint density at radius 2 is 1.68 bits per heavy atom. The first-order valence-electron chi connectivity index (χ1n) is 14.4. The third-order valence-corrected chi connectivity index (χ3v) is 8.68. The summed E-state index contributed by atoms with van der Waals surface area (Å²) >= 11 is 0. The summed E-state index contributed by atoms with van der Waals surface area (Å²) in [7, 11) is 0. The maximum absolute atomic E-state index is 14.0. The van der Waals surface area contributed by atoms with Gasteiger partial charge in [-0.1, -0.05) is 62.4 Å². The van der Waals surface area contributed by atoms with Crippen LogP contribution in [-0.4, -0.2) is 25.6 Å². The van der Waals surface area contributed by atoms with E-state index in [4.69, 9.17) is 9.72 Å². The molecule has 7 rings (SSSR count). The van der Waals surface area contributed by atoms with E-state index in [0.29, 0.717) is 29.2 Å². The minimum absolute atomic E-state index is 0.270. The Bertz CT molecular complexity index is 2070. The van der Waals surface area contributed by atoms with Crippen molar-refractivity contribution in [2.45, 2.75) is 32.9 Å². The predicted molar refractivity (Wildman–Crippen MR) is 164 cm³/mol. The molecule has 44 heavy (non-hydrogen) atoms. The van der Waals surface area contributed by atoms with Crippen molar-refractivity contribution in [3.05, 3.63) is 126 Å². The zero-order chi connectivity index (χ0) is 30.6. The van der Waals surface area contributed by atoms with Crippen molar-refractivity contribution in [2.75, 3.05) is 0 Å². The van der Waals surface area contributed by atoms with E-state index in [1.165, 1.54) is 6.07 Å². The highest BCUT2D eigenvalue weighted by molar-refractivity contribution is 5.81. The van der Waals surface area contributed by atoms with E-state index in [1.807, 2.05) is 92.7 Å². The number of carbonyl (C=O) groups is 1. The highest BCUT2D eigenvalue weighted by Crippen LogP contribution is 2.64. The maximum atomic E-state index is 14.0. The van der Waals surface area contributed by atoms with Gasteiger partial charge in [-0.3, -0.25) is 4.79 Å². The first-order chi connectivity index (χ1) is 21.2. The molecular weight excluding hydrogens is 560 g/mol. The SMILES string of the molecule is CC1(C)C(C(=O)O)C1c1nc2cc(OCc3ccc4ccccc4n3)ccc2n1Cc1cccc(-c2ccc(F)c(F)c2)c1. The van der Waals surface area contributed by atoms with Crippen molar-refractivity contribution in [3.63, 3.8) is 0 Å². The molecule has 6 nitrogen and oxygen atoms in total. The topological polar surface area (TPSA) is 77.2 Å². The van der Waals surface area contributed by atoms with Gasteiger partial charge < -0.3 is 14.4 Å². The largest absolute Gasteiger partial charge is 0.487 e. The van der Waals surface area contributed by atoms with Crippen LogP contribution in [0.2, 0.25) is 0 Å². The second kappa shape index (κ2) is 10.6. The van der Waals surface area contributed by atoms with E-state index in [0.717, 1.165) is 39.3 Å². The second-order valence-corrected chi connectivity index (χ2v) is 11.9. The number of pyridine rings is 1. The van der Waals surface area contributed by atoms with Crippen LogP contribution in [0.4, 0.5) is 8.78 Å². The number of carboxylic acid groups (broad SMARTS) is 1. The summed E-state index contributed by atoms with van der Waals surface area (Å²) in [6, 6.07) is 29.1. The fourth-order valence-electron chi connectivity index (χ4n) is 6.26. The molecule has 0 aliphatic heterocycles. The molecule has 6 aromatic rings. The first-order valence-corrected chi connectivity index (χ1v) is 14.4. The van der Waals surface area contributed by atoms with E-state index < -0.39 is 28.9 Å². The lowest BCUT2D eigenvalue weighted by atomic mass is 10.0. The highest BCUT2D eigenvalue weighted by atomic mass is 19.2. The number of nitrogens with zero attached hydrogens (tertiary/aromatic N) is 3. The summed E-state index contributed by atoms with van der Waals surface area (Å²) in [6.07, 6.45) is 0. The number of hydrogen-bond acceptors (Lipinski definition) is 4. The molecule has 1 aliphatic carbocycles. The third-order valence-electron chi connectivity index (χ3n) is 8.68. The number of imidazole rings is 1. The summed E-state index contributed by atoms with van der Waals surface area (Å²) in [5.74, 6) is -2.13. The van der Waals surface area contributed by atoms with Gasteiger partial charge in [0.25, 0.3) is 0 Å². The van der Waals surface area contributed by atoms with E-state index in [-0.39, 0.29) is 12.5 Å². The minimum atomic E-state index is -0.902. The van der Waals surface area contributed by atoms with Crippen LogP contribution >= 0.6 is 0 Å². The molecule has 0 saturated heterocycles. The Morgan fingerprint density at radius 3 is 2.48 bits per heavy atom. The number of carboxylic acids is 1. The highest BCUT2D eigenvalue weighted by Gasteiger charge is 2.64. The van der Waals surface area contributed by atoms with Crippen molar-refractivity contribution in [3.8, 4) is 16.9 Å². The fourth-order valence-corrected chi connectivity index (χ4v) is 6.26. The number of hydrogen-bond donors (Lipinski definition) is 1. The zero-order valence-corrected chi connectivity index (χ0v) is 24.2. The van der Waals surface area contributed by atoms with Crippen LogP contribution in [-0.2, 0) is 17.9 Å². The van der Waals surface area contributed by atoms with Gasteiger partial charge in [0.05, 0.1) is 28.2 Å². The van der Waals surface area contributed by atoms with Crippen LogP contribution in [0.3, 0.4) is 0 Å². The Kier molecular flexibility index (Phi) is 6.65. The second-order valence-electron chi connectivity index (χ2n) is 11.9. The van der Waals surface area contributed by atoms with Crippen molar-refractivity contribution >= 4 is 27.9 Å². The summed E-state index contributed by atoms with van der Waals surface area (Å²) in [6.45, 7) is 4.62. The summed E-state index contributed by atoms with van der Waals surface area (Å²) in [5.41, 5.74) is 5.04.